The van der Waals surface area contributed by atoms with Gasteiger partial charge in [0.2, 0.25) is 5.91 Å². The number of hydrogen-bond acceptors (Lipinski definition) is 2. The van der Waals surface area contributed by atoms with Crippen molar-refractivity contribution in [1.82, 2.24) is 5.32 Å². The fourth-order valence-electron chi connectivity index (χ4n) is 1.96. The van der Waals surface area contributed by atoms with Crippen LogP contribution < -0.4 is 11.1 Å². The zero-order chi connectivity index (χ0) is 14.5. The summed E-state index contributed by atoms with van der Waals surface area (Å²) in [6.45, 7) is 6.00. The lowest BCUT2D eigenvalue weighted by Crippen LogP contribution is -2.45. The van der Waals surface area contributed by atoms with E-state index in [1.165, 1.54) is 5.56 Å². The molecule has 0 aliphatic carbocycles. The molecule has 5 heteroatoms. The lowest BCUT2D eigenvalue weighted by Gasteiger charge is -2.26. The van der Waals surface area contributed by atoms with Crippen molar-refractivity contribution in [3.8, 4) is 0 Å². The van der Waals surface area contributed by atoms with Crippen LogP contribution in [0.15, 0.2) is 28.7 Å². The Morgan fingerprint density at radius 2 is 1.90 bits per heavy atom. The summed E-state index contributed by atoms with van der Waals surface area (Å²) in [6.07, 6.45) is 2.02. The summed E-state index contributed by atoms with van der Waals surface area (Å²) in [4.78, 5) is 11.8. The van der Waals surface area contributed by atoms with Crippen molar-refractivity contribution in [1.29, 1.82) is 0 Å². The van der Waals surface area contributed by atoms with E-state index in [2.05, 4.69) is 33.4 Å². The molecule has 0 aromatic heterocycles. The van der Waals surface area contributed by atoms with Crippen LogP contribution in [0, 0.1) is 0 Å². The second-order valence-corrected chi connectivity index (χ2v) is 6.67. The average molecular weight is 364 g/mol. The Hall–Kier alpha value is -0.580. The fourth-order valence-corrected chi connectivity index (χ4v) is 2.22. The molecule has 1 rings (SSSR count). The summed E-state index contributed by atoms with van der Waals surface area (Å²) in [6, 6.07) is 8.24. The molecule has 1 amide bonds. The maximum Gasteiger partial charge on any atom is 0.220 e. The maximum absolute atomic E-state index is 11.8. The fraction of sp³-hybridized carbons (Fsp3) is 0.533. The highest BCUT2D eigenvalue weighted by Gasteiger charge is 2.20. The Morgan fingerprint density at radius 3 is 2.40 bits per heavy atom. The summed E-state index contributed by atoms with van der Waals surface area (Å²) in [5, 5.41) is 3.07. The monoisotopic (exact) mass is 362 g/mol. The van der Waals surface area contributed by atoms with Gasteiger partial charge in [-0.05, 0) is 51.3 Å². The lowest BCUT2D eigenvalue weighted by atomic mass is 9.94. The standard InChI is InChI=1S/C15H23BrN2O.ClH/c1-11(17)4-9-14(19)18-15(2,3)10-12-5-7-13(16)8-6-12;/h5-8,11H,4,9-10,17H2,1-3H3,(H,18,19);1H. The molecule has 1 atom stereocenters. The van der Waals surface area contributed by atoms with Gasteiger partial charge in [0.25, 0.3) is 0 Å². The third-order valence-electron chi connectivity index (χ3n) is 2.86. The Labute approximate surface area is 136 Å². The molecule has 20 heavy (non-hydrogen) atoms. The van der Waals surface area contributed by atoms with Crippen LogP contribution in [0.1, 0.15) is 39.2 Å². The van der Waals surface area contributed by atoms with Crippen molar-refractivity contribution in [2.24, 2.45) is 5.73 Å². The molecule has 0 aliphatic heterocycles. The SMILES string of the molecule is CC(N)CCC(=O)NC(C)(C)Cc1ccc(Br)cc1.Cl. The van der Waals surface area contributed by atoms with Crippen LogP contribution in [0.2, 0.25) is 0 Å². The molecule has 0 radical (unpaired) electrons. The first-order valence-electron chi connectivity index (χ1n) is 6.59. The largest absolute Gasteiger partial charge is 0.351 e. The van der Waals surface area contributed by atoms with E-state index in [-0.39, 0.29) is 29.9 Å². The summed E-state index contributed by atoms with van der Waals surface area (Å²) < 4.78 is 1.06. The van der Waals surface area contributed by atoms with E-state index in [1.54, 1.807) is 0 Å². The molecule has 0 spiro atoms. The first-order chi connectivity index (χ1) is 8.78. The molecule has 0 fully saturated rings. The minimum Gasteiger partial charge on any atom is -0.351 e. The summed E-state index contributed by atoms with van der Waals surface area (Å²) in [5.74, 6) is 0.0689. The Bertz CT molecular complexity index is 418. The number of carbonyl (C=O) groups is 1. The summed E-state index contributed by atoms with van der Waals surface area (Å²) in [5.41, 5.74) is 6.62. The van der Waals surface area contributed by atoms with Gasteiger partial charge in [-0.2, -0.15) is 0 Å². The number of amides is 1. The van der Waals surface area contributed by atoms with Crippen LogP contribution in [0.4, 0.5) is 0 Å². The van der Waals surface area contributed by atoms with Gasteiger partial charge in [0, 0.05) is 22.5 Å². The van der Waals surface area contributed by atoms with Gasteiger partial charge in [-0.15, -0.1) is 12.4 Å². The Morgan fingerprint density at radius 1 is 1.35 bits per heavy atom. The molecule has 0 saturated carbocycles. The predicted octanol–water partition coefficient (Wildman–Crippen LogP) is 3.44. The van der Waals surface area contributed by atoms with Gasteiger partial charge in [-0.3, -0.25) is 4.79 Å². The molecule has 114 valence electrons. The van der Waals surface area contributed by atoms with E-state index in [1.807, 2.05) is 32.9 Å². The zero-order valence-electron chi connectivity index (χ0n) is 12.3. The number of halogens is 2. The van der Waals surface area contributed by atoms with E-state index in [4.69, 9.17) is 5.73 Å². The van der Waals surface area contributed by atoms with Crippen LogP contribution in [0.3, 0.4) is 0 Å². The number of carbonyl (C=O) groups excluding carboxylic acids is 1. The van der Waals surface area contributed by atoms with E-state index < -0.39 is 0 Å². The van der Waals surface area contributed by atoms with Crippen molar-refractivity contribution in [3.63, 3.8) is 0 Å². The highest BCUT2D eigenvalue weighted by atomic mass is 79.9. The van der Waals surface area contributed by atoms with Crippen LogP contribution in [-0.2, 0) is 11.2 Å². The second kappa shape index (κ2) is 8.65. The molecule has 1 unspecified atom stereocenters. The number of hydrogen-bond donors (Lipinski definition) is 2. The topological polar surface area (TPSA) is 55.1 Å². The van der Waals surface area contributed by atoms with Crippen LogP contribution >= 0.6 is 28.3 Å². The van der Waals surface area contributed by atoms with E-state index >= 15 is 0 Å². The smallest absolute Gasteiger partial charge is 0.220 e. The quantitative estimate of drug-likeness (QED) is 0.813. The van der Waals surface area contributed by atoms with Crippen molar-refractivity contribution in [3.05, 3.63) is 34.3 Å². The Balaban J connectivity index is 0.00000361. The normalized spacial score (nSPS) is 12.4. The lowest BCUT2D eigenvalue weighted by molar-refractivity contribution is -0.122. The number of benzene rings is 1. The molecule has 0 heterocycles. The first kappa shape index (κ1) is 19.4. The van der Waals surface area contributed by atoms with Crippen LogP contribution in [0.5, 0.6) is 0 Å². The summed E-state index contributed by atoms with van der Waals surface area (Å²) in [7, 11) is 0. The van der Waals surface area contributed by atoms with Gasteiger partial charge in [-0.1, -0.05) is 28.1 Å². The van der Waals surface area contributed by atoms with Crippen LogP contribution in [-0.4, -0.2) is 17.5 Å². The number of nitrogens with two attached hydrogens (primary N) is 1. The molecule has 0 aliphatic rings. The van der Waals surface area contributed by atoms with Gasteiger partial charge >= 0.3 is 0 Å². The minimum absolute atomic E-state index is 0. The molecule has 1 aromatic rings. The first-order valence-corrected chi connectivity index (χ1v) is 7.39. The predicted molar refractivity (Wildman–Crippen MR) is 90.2 cm³/mol. The zero-order valence-corrected chi connectivity index (χ0v) is 14.7. The highest BCUT2D eigenvalue weighted by molar-refractivity contribution is 9.10. The second-order valence-electron chi connectivity index (χ2n) is 5.75. The third kappa shape index (κ3) is 7.88. The van der Waals surface area contributed by atoms with E-state index in [0.717, 1.165) is 17.3 Å². The molecule has 0 saturated heterocycles. The van der Waals surface area contributed by atoms with Gasteiger partial charge in [0.15, 0.2) is 0 Å². The highest BCUT2D eigenvalue weighted by Crippen LogP contribution is 2.16. The Kier molecular flexibility index (Phi) is 8.40. The van der Waals surface area contributed by atoms with Crippen molar-refractivity contribution in [2.75, 3.05) is 0 Å². The van der Waals surface area contributed by atoms with Gasteiger partial charge in [-0.25, -0.2) is 0 Å². The van der Waals surface area contributed by atoms with Gasteiger partial charge < -0.3 is 11.1 Å². The van der Waals surface area contributed by atoms with Crippen LogP contribution in [0.25, 0.3) is 0 Å². The average Bonchev–Trinajstić information content (AvgIpc) is 2.28. The molecule has 0 bridgehead atoms. The molecular weight excluding hydrogens is 340 g/mol. The minimum atomic E-state index is -0.247. The molecule has 3 N–H and O–H groups in total. The molecule has 3 nitrogen and oxygen atoms in total. The van der Waals surface area contributed by atoms with Gasteiger partial charge in [0.05, 0.1) is 0 Å². The maximum atomic E-state index is 11.8. The van der Waals surface area contributed by atoms with Crippen molar-refractivity contribution >= 4 is 34.2 Å². The van der Waals surface area contributed by atoms with Crippen molar-refractivity contribution in [2.45, 2.75) is 51.6 Å². The molecular formula is C15H24BrClN2O. The molecule has 1 aromatic carbocycles. The van der Waals surface area contributed by atoms with E-state index in [0.29, 0.717) is 6.42 Å². The number of rotatable bonds is 6. The summed E-state index contributed by atoms with van der Waals surface area (Å²) >= 11 is 3.42. The third-order valence-corrected chi connectivity index (χ3v) is 3.39. The van der Waals surface area contributed by atoms with Gasteiger partial charge in [0.1, 0.15) is 0 Å². The van der Waals surface area contributed by atoms with E-state index in [9.17, 15) is 4.79 Å². The number of nitrogens with one attached hydrogen (secondary N) is 1. The van der Waals surface area contributed by atoms with Crippen molar-refractivity contribution < 1.29 is 4.79 Å².